The zero-order valence-corrected chi connectivity index (χ0v) is 13.5. The molecule has 0 saturated heterocycles. The second kappa shape index (κ2) is 6.11. The molecule has 0 bridgehead atoms. The van der Waals surface area contributed by atoms with Crippen molar-refractivity contribution in [2.24, 2.45) is 0 Å². The number of ketones is 1. The van der Waals surface area contributed by atoms with Crippen LogP contribution in [-0.4, -0.2) is 10.4 Å². The van der Waals surface area contributed by atoms with Gasteiger partial charge in [-0.05, 0) is 56.8 Å². The summed E-state index contributed by atoms with van der Waals surface area (Å²) in [7, 11) is 0. The lowest BCUT2D eigenvalue weighted by Gasteiger charge is -2.13. The smallest absolute Gasteiger partial charge is 0.213 e. The minimum atomic E-state index is -0.207. The van der Waals surface area contributed by atoms with E-state index in [9.17, 15) is 10.1 Å². The molecule has 0 aliphatic rings. The van der Waals surface area contributed by atoms with Gasteiger partial charge < -0.3 is 4.57 Å². The van der Waals surface area contributed by atoms with Crippen LogP contribution in [0.3, 0.4) is 0 Å². The zero-order chi connectivity index (χ0) is 15.6. The number of carbonyl (C=O) groups excluding carboxylic acids is 1. The standard InChI is InChI=1S/C17H18N2OS/c1-11(2)19-12(3)8-14(13(19)4)9-15(10-18)17(20)16-6-5-7-21-16/h5-9,11H,1-4H3/b15-9+. The van der Waals surface area contributed by atoms with Crippen LogP contribution in [0.1, 0.15) is 46.5 Å². The number of aromatic nitrogens is 1. The first kappa shape index (κ1) is 15.3. The van der Waals surface area contributed by atoms with E-state index in [0.717, 1.165) is 17.0 Å². The Kier molecular flexibility index (Phi) is 4.44. The molecule has 0 aliphatic carbocycles. The molecule has 0 fully saturated rings. The van der Waals surface area contributed by atoms with Crippen LogP contribution in [0.2, 0.25) is 0 Å². The van der Waals surface area contributed by atoms with E-state index in [1.54, 1.807) is 12.1 Å². The molecule has 4 heteroatoms. The lowest BCUT2D eigenvalue weighted by Crippen LogP contribution is -2.05. The number of hydrogen-bond acceptors (Lipinski definition) is 3. The van der Waals surface area contributed by atoms with Crippen LogP contribution in [0.15, 0.2) is 29.2 Å². The summed E-state index contributed by atoms with van der Waals surface area (Å²) in [5.41, 5.74) is 3.33. The Morgan fingerprint density at radius 1 is 1.43 bits per heavy atom. The summed E-state index contributed by atoms with van der Waals surface area (Å²) in [6.45, 7) is 8.30. The molecule has 108 valence electrons. The maximum atomic E-state index is 12.3. The normalized spacial score (nSPS) is 11.7. The number of Topliss-reactive ketones (excluding diaryl/α,β-unsaturated/α-hetero) is 1. The highest BCUT2D eigenvalue weighted by atomic mass is 32.1. The number of thiophene rings is 1. The third-order valence-corrected chi connectivity index (χ3v) is 4.32. The molecule has 0 amide bonds. The molecule has 0 N–H and O–H groups in total. The quantitative estimate of drug-likeness (QED) is 0.472. The van der Waals surface area contributed by atoms with E-state index in [1.165, 1.54) is 11.3 Å². The molecule has 2 heterocycles. The average molecular weight is 298 g/mol. The zero-order valence-electron chi connectivity index (χ0n) is 12.7. The first-order chi connectivity index (χ1) is 9.95. The van der Waals surface area contributed by atoms with Crippen LogP contribution < -0.4 is 0 Å². The summed E-state index contributed by atoms with van der Waals surface area (Å²) in [5.74, 6) is -0.207. The highest BCUT2D eigenvalue weighted by molar-refractivity contribution is 7.12. The van der Waals surface area contributed by atoms with Crippen LogP contribution in [-0.2, 0) is 0 Å². The lowest BCUT2D eigenvalue weighted by molar-refractivity contribution is 0.104. The molecule has 0 atom stereocenters. The van der Waals surface area contributed by atoms with Gasteiger partial charge in [-0.25, -0.2) is 0 Å². The lowest BCUT2D eigenvalue weighted by atomic mass is 10.1. The molecule has 2 aromatic heterocycles. The van der Waals surface area contributed by atoms with Crippen LogP contribution in [0.5, 0.6) is 0 Å². The minimum Gasteiger partial charge on any atom is -0.346 e. The van der Waals surface area contributed by atoms with E-state index < -0.39 is 0 Å². The summed E-state index contributed by atoms with van der Waals surface area (Å²) >= 11 is 1.36. The molecule has 0 aliphatic heterocycles. The van der Waals surface area contributed by atoms with Crippen molar-refractivity contribution >= 4 is 23.2 Å². The topological polar surface area (TPSA) is 45.8 Å². The fourth-order valence-electron chi connectivity index (χ4n) is 2.59. The number of carbonyl (C=O) groups is 1. The van der Waals surface area contributed by atoms with E-state index in [1.807, 2.05) is 37.4 Å². The van der Waals surface area contributed by atoms with Crippen LogP contribution in [0.25, 0.3) is 6.08 Å². The average Bonchev–Trinajstić information content (AvgIpc) is 3.04. The fourth-order valence-corrected chi connectivity index (χ4v) is 3.27. The second-order valence-electron chi connectivity index (χ2n) is 5.27. The maximum absolute atomic E-state index is 12.3. The molecule has 0 spiro atoms. The summed E-state index contributed by atoms with van der Waals surface area (Å²) < 4.78 is 2.20. The van der Waals surface area contributed by atoms with Gasteiger partial charge in [0, 0.05) is 17.4 Å². The van der Waals surface area contributed by atoms with Gasteiger partial charge in [0.1, 0.15) is 11.6 Å². The van der Waals surface area contributed by atoms with Crippen molar-refractivity contribution in [3.8, 4) is 6.07 Å². The van der Waals surface area contributed by atoms with E-state index >= 15 is 0 Å². The van der Waals surface area contributed by atoms with E-state index in [2.05, 4.69) is 18.4 Å². The van der Waals surface area contributed by atoms with E-state index in [0.29, 0.717) is 10.9 Å². The van der Waals surface area contributed by atoms with Gasteiger partial charge in [0.2, 0.25) is 5.78 Å². The van der Waals surface area contributed by atoms with Gasteiger partial charge in [0.15, 0.2) is 0 Å². The monoisotopic (exact) mass is 298 g/mol. The van der Waals surface area contributed by atoms with Gasteiger partial charge in [0.25, 0.3) is 0 Å². The third-order valence-electron chi connectivity index (χ3n) is 3.45. The summed E-state index contributed by atoms with van der Waals surface area (Å²) in [5, 5.41) is 11.1. The number of nitriles is 1. The molecule has 21 heavy (non-hydrogen) atoms. The van der Waals surface area contributed by atoms with Gasteiger partial charge in [-0.1, -0.05) is 6.07 Å². The fraction of sp³-hybridized carbons (Fsp3) is 0.294. The summed E-state index contributed by atoms with van der Waals surface area (Å²) in [6, 6.07) is 7.97. The minimum absolute atomic E-state index is 0.182. The summed E-state index contributed by atoms with van der Waals surface area (Å²) in [6.07, 6.45) is 1.70. The van der Waals surface area contributed by atoms with Crippen molar-refractivity contribution in [3.63, 3.8) is 0 Å². The Bertz CT molecular complexity index is 728. The largest absolute Gasteiger partial charge is 0.346 e. The molecular formula is C17H18N2OS. The third kappa shape index (κ3) is 2.98. The van der Waals surface area contributed by atoms with E-state index in [-0.39, 0.29) is 11.4 Å². The highest BCUT2D eigenvalue weighted by Crippen LogP contribution is 2.23. The molecular weight excluding hydrogens is 280 g/mol. The van der Waals surface area contributed by atoms with Crippen molar-refractivity contribution in [1.29, 1.82) is 5.26 Å². The number of allylic oxidation sites excluding steroid dienone is 1. The van der Waals surface area contributed by atoms with Gasteiger partial charge in [0.05, 0.1) is 4.88 Å². The van der Waals surface area contributed by atoms with Crippen LogP contribution in [0, 0.1) is 25.2 Å². The molecule has 2 aromatic rings. The van der Waals surface area contributed by atoms with Gasteiger partial charge in [-0.15, -0.1) is 11.3 Å². The molecule has 0 saturated carbocycles. The van der Waals surface area contributed by atoms with E-state index in [4.69, 9.17) is 0 Å². The number of hydrogen-bond donors (Lipinski definition) is 0. The molecule has 2 rings (SSSR count). The first-order valence-corrected chi connectivity index (χ1v) is 7.72. The Morgan fingerprint density at radius 3 is 2.62 bits per heavy atom. The van der Waals surface area contributed by atoms with Crippen molar-refractivity contribution in [3.05, 3.63) is 51.0 Å². The van der Waals surface area contributed by atoms with Gasteiger partial charge in [-0.3, -0.25) is 4.79 Å². The van der Waals surface area contributed by atoms with Crippen molar-refractivity contribution in [2.45, 2.75) is 33.7 Å². The van der Waals surface area contributed by atoms with Gasteiger partial charge in [-0.2, -0.15) is 5.26 Å². The molecule has 0 aromatic carbocycles. The Hall–Kier alpha value is -2.12. The number of nitrogens with zero attached hydrogens (tertiary/aromatic N) is 2. The SMILES string of the molecule is Cc1cc(/C=C(\C#N)C(=O)c2cccs2)c(C)n1C(C)C. The Morgan fingerprint density at radius 2 is 2.14 bits per heavy atom. The molecule has 0 radical (unpaired) electrons. The number of rotatable bonds is 4. The van der Waals surface area contributed by atoms with Crippen LogP contribution in [0.4, 0.5) is 0 Å². The summed E-state index contributed by atoms with van der Waals surface area (Å²) in [4.78, 5) is 12.9. The van der Waals surface area contributed by atoms with Crippen molar-refractivity contribution in [2.75, 3.05) is 0 Å². The van der Waals surface area contributed by atoms with Crippen molar-refractivity contribution < 1.29 is 4.79 Å². The Labute approximate surface area is 129 Å². The van der Waals surface area contributed by atoms with Crippen molar-refractivity contribution in [1.82, 2.24) is 4.57 Å². The van der Waals surface area contributed by atoms with Crippen LogP contribution >= 0.6 is 11.3 Å². The maximum Gasteiger partial charge on any atom is 0.213 e. The second-order valence-corrected chi connectivity index (χ2v) is 6.21. The number of aryl methyl sites for hydroxylation is 1. The first-order valence-electron chi connectivity index (χ1n) is 6.84. The predicted molar refractivity (Wildman–Crippen MR) is 86.5 cm³/mol. The van der Waals surface area contributed by atoms with Gasteiger partial charge >= 0.3 is 0 Å². The predicted octanol–water partition coefficient (Wildman–Crippen LogP) is 4.54. The Balaban J connectivity index is 2.45. The highest BCUT2D eigenvalue weighted by Gasteiger charge is 2.15. The molecule has 0 unspecified atom stereocenters. The molecule has 3 nitrogen and oxygen atoms in total.